The number of benzene rings is 1. The third-order valence-corrected chi connectivity index (χ3v) is 4.40. The average Bonchev–Trinajstić information content (AvgIpc) is 3.05. The Balaban J connectivity index is 1.47. The molecule has 2 aliphatic rings. The van der Waals surface area contributed by atoms with Gasteiger partial charge in [0, 0.05) is 31.6 Å². The van der Waals surface area contributed by atoms with Gasteiger partial charge < -0.3 is 25.3 Å². The molecule has 2 aliphatic heterocycles. The molecular weight excluding hydrogens is 320 g/mol. The highest BCUT2D eigenvalue weighted by Crippen LogP contribution is 2.31. The fourth-order valence-electron chi connectivity index (χ4n) is 3.06. The summed E-state index contributed by atoms with van der Waals surface area (Å²) in [5.41, 5.74) is 7.89. The molecule has 0 amide bonds. The third-order valence-electron chi connectivity index (χ3n) is 4.40. The second-order valence-electron chi connectivity index (χ2n) is 6.28. The molecule has 7 heteroatoms. The Hall–Kier alpha value is -2.54. The van der Waals surface area contributed by atoms with E-state index in [-0.39, 0.29) is 5.95 Å². The smallest absolute Gasteiger partial charge is 0.222 e. The maximum Gasteiger partial charge on any atom is 0.222 e. The van der Waals surface area contributed by atoms with Crippen LogP contribution in [-0.2, 0) is 11.3 Å². The van der Waals surface area contributed by atoms with Gasteiger partial charge >= 0.3 is 0 Å². The van der Waals surface area contributed by atoms with Crippen molar-refractivity contribution in [1.29, 1.82) is 0 Å². The Kier molecular flexibility index (Phi) is 4.56. The first-order valence-corrected chi connectivity index (χ1v) is 8.62. The van der Waals surface area contributed by atoms with Crippen molar-refractivity contribution in [1.82, 2.24) is 9.97 Å². The summed E-state index contributed by atoms with van der Waals surface area (Å²) in [5, 5.41) is 3.32. The zero-order valence-corrected chi connectivity index (χ0v) is 14.0. The van der Waals surface area contributed by atoms with Crippen LogP contribution in [0, 0.1) is 0 Å². The quantitative estimate of drug-likeness (QED) is 0.881. The van der Waals surface area contributed by atoms with Gasteiger partial charge in [0.2, 0.25) is 5.95 Å². The molecule has 3 N–H and O–H groups in total. The minimum Gasteiger partial charge on any atom is -0.490 e. The summed E-state index contributed by atoms with van der Waals surface area (Å²) in [4.78, 5) is 8.63. The van der Waals surface area contributed by atoms with E-state index in [9.17, 15) is 0 Å². The lowest BCUT2D eigenvalue weighted by molar-refractivity contribution is 0.193. The summed E-state index contributed by atoms with van der Waals surface area (Å²) < 4.78 is 16.8. The molecule has 0 unspecified atom stereocenters. The van der Waals surface area contributed by atoms with E-state index in [0.717, 1.165) is 48.0 Å². The lowest BCUT2D eigenvalue weighted by Crippen LogP contribution is -2.09. The lowest BCUT2D eigenvalue weighted by atomic mass is 10.0. The van der Waals surface area contributed by atoms with Crippen LogP contribution in [-0.4, -0.2) is 36.4 Å². The Morgan fingerprint density at radius 1 is 1.08 bits per heavy atom. The third kappa shape index (κ3) is 3.76. The highest BCUT2D eigenvalue weighted by molar-refractivity contribution is 5.46. The minimum absolute atomic E-state index is 0.283. The van der Waals surface area contributed by atoms with Crippen LogP contribution in [0.3, 0.4) is 0 Å². The maximum absolute atomic E-state index is 5.86. The number of nitrogens with one attached hydrogen (secondary N) is 1. The van der Waals surface area contributed by atoms with Crippen molar-refractivity contribution in [3.05, 3.63) is 35.5 Å². The van der Waals surface area contributed by atoms with Gasteiger partial charge in [-0.05, 0) is 24.1 Å². The fourth-order valence-corrected chi connectivity index (χ4v) is 3.06. The van der Waals surface area contributed by atoms with Crippen LogP contribution in [0.5, 0.6) is 11.5 Å². The van der Waals surface area contributed by atoms with E-state index < -0.39 is 0 Å². The van der Waals surface area contributed by atoms with Gasteiger partial charge in [0.15, 0.2) is 11.5 Å². The van der Waals surface area contributed by atoms with Crippen molar-refractivity contribution >= 4 is 11.8 Å². The van der Waals surface area contributed by atoms with Crippen LogP contribution in [0.4, 0.5) is 11.8 Å². The van der Waals surface area contributed by atoms with Gasteiger partial charge in [-0.2, -0.15) is 4.98 Å². The molecule has 1 aromatic carbocycles. The average molecular weight is 342 g/mol. The molecule has 25 heavy (non-hydrogen) atoms. The molecule has 7 nitrogen and oxygen atoms in total. The summed E-state index contributed by atoms with van der Waals surface area (Å²) >= 11 is 0. The summed E-state index contributed by atoms with van der Waals surface area (Å²) in [6.45, 7) is 3.46. The Bertz CT molecular complexity index is 747. The highest BCUT2D eigenvalue weighted by Gasteiger charge is 2.20. The first kappa shape index (κ1) is 16.0. The number of nitrogens with zero attached hydrogens (tertiary/aromatic N) is 2. The van der Waals surface area contributed by atoms with Crippen LogP contribution in [0.25, 0.3) is 0 Å². The number of ether oxygens (including phenoxy) is 3. The van der Waals surface area contributed by atoms with Gasteiger partial charge in [0.05, 0.1) is 25.5 Å². The Labute approximate surface area is 146 Å². The maximum atomic E-state index is 5.86. The van der Waals surface area contributed by atoms with Crippen molar-refractivity contribution in [2.75, 3.05) is 37.5 Å². The number of hydrogen-bond acceptors (Lipinski definition) is 7. The Morgan fingerprint density at radius 3 is 2.80 bits per heavy atom. The molecule has 0 saturated carbocycles. The standard InChI is InChI=1S/C18H22N4O3/c19-18-21-14(13-4-7-23-11-13)9-17(22-18)20-10-12-2-3-15-16(8-12)25-6-1-5-24-15/h2-3,8-9,13H,1,4-7,10-11H2,(H3,19,20,21,22)/t13-/m1/s1. The second-order valence-corrected chi connectivity index (χ2v) is 6.28. The fraction of sp³-hybridized carbons (Fsp3) is 0.444. The highest BCUT2D eigenvalue weighted by atomic mass is 16.5. The van der Waals surface area contributed by atoms with Gasteiger partial charge in [-0.1, -0.05) is 6.07 Å². The van der Waals surface area contributed by atoms with Crippen LogP contribution < -0.4 is 20.5 Å². The molecule has 1 saturated heterocycles. The van der Waals surface area contributed by atoms with E-state index in [1.165, 1.54) is 0 Å². The van der Waals surface area contributed by atoms with E-state index in [1.807, 2.05) is 24.3 Å². The van der Waals surface area contributed by atoms with E-state index in [4.69, 9.17) is 19.9 Å². The summed E-state index contributed by atoms with van der Waals surface area (Å²) in [6, 6.07) is 7.94. The van der Waals surface area contributed by atoms with Crippen LogP contribution in [0.2, 0.25) is 0 Å². The van der Waals surface area contributed by atoms with Gasteiger partial charge in [-0.15, -0.1) is 0 Å². The summed E-state index contributed by atoms with van der Waals surface area (Å²) in [5.74, 6) is 2.90. The molecule has 1 fully saturated rings. The molecule has 2 aromatic rings. The van der Waals surface area contributed by atoms with E-state index in [0.29, 0.717) is 32.3 Å². The second kappa shape index (κ2) is 7.14. The molecule has 0 spiro atoms. The largest absolute Gasteiger partial charge is 0.490 e. The van der Waals surface area contributed by atoms with E-state index >= 15 is 0 Å². The Morgan fingerprint density at radius 2 is 1.96 bits per heavy atom. The van der Waals surface area contributed by atoms with Crippen molar-refractivity contribution in [3.8, 4) is 11.5 Å². The van der Waals surface area contributed by atoms with Gasteiger partial charge in [-0.25, -0.2) is 4.98 Å². The predicted molar refractivity (Wildman–Crippen MR) is 94.0 cm³/mol. The molecule has 132 valence electrons. The first-order chi connectivity index (χ1) is 12.3. The molecular formula is C18H22N4O3. The van der Waals surface area contributed by atoms with Gasteiger partial charge in [0.25, 0.3) is 0 Å². The van der Waals surface area contributed by atoms with Crippen molar-refractivity contribution in [2.24, 2.45) is 0 Å². The van der Waals surface area contributed by atoms with Gasteiger partial charge in [0.1, 0.15) is 5.82 Å². The predicted octanol–water partition coefficient (Wildman–Crippen LogP) is 2.34. The summed E-state index contributed by atoms with van der Waals surface area (Å²) in [6.07, 6.45) is 1.87. The number of anilines is 2. The first-order valence-electron chi connectivity index (χ1n) is 8.62. The topological polar surface area (TPSA) is 91.5 Å². The summed E-state index contributed by atoms with van der Waals surface area (Å²) in [7, 11) is 0. The van der Waals surface area contributed by atoms with Crippen LogP contribution in [0.15, 0.2) is 24.3 Å². The van der Waals surface area contributed by atoms with Crippen LogP contribution in [0.1, 0.15) is 30.0 Å². The number of nitrogen functional groups attached to an aromatic ring is 1. The van der Waals surface area contributed by atoms with E-state index in [1.54, 1.807) is 0 Å². The number of nitrogens with two attached hydrogens (primary N) is 1. The molecule has 3 heterocycles. The molecule has 0 aliphatic carbocycles. The van der Waals surface area contributed by atoms with Crippen molar-refractivity contribution in [3.63, 3.8) is 0 Å². The van der Waals surface area contributed by atoms with Gasteiger partial charge in [-0.3, -0.25) is 0 Å². The number of fused-ring (bicyclic) bond motifs is 1. The van der Waals surface area contributed by atoms with Crippen molar-refractivity contribution in [2.45, 2.75) is 25.3 Å². The number of rotatable bonds is 4. The van der Waals surface area contributed by atoms with Crippen molar-refractivity contribution < 1.29 is 14.2 Å². The number of hydrogen-bond donors (Lipinski definition) is 2. The monoisotopic (exact) mass is 342 g/mol. The molecule has 1 atom stereocenters. The molecule has 0 radical (unpaired) electrons. The van der Waals surface area contributed by atoms with E-state index in [2.05, 4.69) is 15.3 Å². The molecule has 4 rings (SSSR count). The lowest BCUT2D eigenvalue weighted by Gasteiger charge is -2.12. The zero-order chi connectivity index (χ0) is 17.1. The zero-order valence-electron chi connectivity index (χ0n) is 14.0. The van der Waals surface area contributed by atoms with Crippen LogP contribution >= 0.6 is 0 Å². The number of aromatic nitrogens is 2. The minimum atomic E-state index is 0.283. The normalized spacial score (nSPS) is 19.4. The SMILES string of the molecule is Nc1nc(NCc2ccc3c(c2)OCCCO3)cc([C@@H]2CCOC2)n1. The molecule has 1 aromatic heterocycles. The molecule has 0 bridgehead atoms.